The van der Waals surface area contributed by atoms with Crippen LogP contribution in [0.2, 0.25) is 0 Å². The van der Waals surface area contributed by atoms with Crippen LogP contribution in [-0.4, -0.2) is 33.4 Å². The highest BCUT2D eigenvalue weighted by atomic mass is 16.5. The molecular weight excluding hydrogens is 228 g/mol. The second kappa shape index (κ2) is 4.94. The van der Waals surface area contributed by atoms with Crippen molar-refractivity contribution >= 4 is 11.6 Å². The third-order valence-electron chi connectivity index (χ3n) is 2.70. The Labute approximate surface area is 107 Å². The molecule has 0 unspecified atom stereocenters. The average Bonchev–Trinajstić information content (AvgIpc) is 2.68. The van der Waals surface area contributed by atoms with Gasteiger partial charge in [0.15, 0.2) is 5.65 Å². The fraction of sp³-hybridized carbons (Fsp3) is 0.538. The largest absolute Gasteiger partial charge is 0.374 e. The molecule has 0 fully saturated rings. The van der Waals surface area contributed by atoms with Gasteiger partial charge in [0.2, 0.25) is 5.95 Å². The van der Waals surface area contributed by atoms with Crippen LogP contribution in [0.3, 0.4) is 0 Å². The lowest BCUT2D eigenvalue weighted by Crippen LogP contribution is -2.33. The van der Waals surface area contributed by atoms with E-state index < -0.39 is 0 Å². The van der Waals surface area contributed by atoms with E-state index in [4.69, 9.17) is 4.74 Å². The van der Waals surface area contributed by atoms with E-state index in [0.29, 0.717) is 19.1 Å². The van der Waals surface area contributed by atoms with Crippen molar-refractivity contribution in [2.75, 3.05) is 18.5 Å². The van der Waals surface area contributed by atoms with E-state index >= 15 is 0 Å². The van der Waals surface area contributed by atoms with Crippen LogP contribution in [0.1, 0.15) is 26.3 Å². The summed E-state index contributed by atoms with van der Waals surface area (Å²) in [6, 6.07) is 4.02. The van der Waals surface area contributed by atoms with Crippen LogP contribution in [0.5, 0.6) is 0 Å². The van der Waals surface area contributed by atoms with Crippen molar-refractivity contribution in [3.8, 4) is 0 Å². The molecule has 0 saturated carbocycles. The van der Waals surface area contributed by atoms with E-state index in [0.717, 1.165) is 5.65 Å². The van der Waals surface area contributed by atoms with Gasteiger partial charge < -0.3 is 10.1 Å². The molecule has 0 aliphatic heterocycles. The fourth-order valence-electron chi connectivity index (χ4n) is 1.79. The number of nitrogens with zero attached hydrogens (tertiary/aromatic N) is 3. The van der Waals surface area contributed by atoms with Crippen LogP contribution >= 0.6 is 0 Å². The minimum absolute atomic E-state index is 0.220. The Hall–Kier alpha value is -1.62. The number of anilines is 1. The third kappa shape index (κ3) is 2.98. The highest BCUT2D eigenvalue weighted by Gasteiger charge is 2.18. The van der Waals surface area contributed by atoms with E-state index in [9.17, 15) is 0 Å². The van der Waals surface area contributed by atoms with E-state index in [-0.39, 0.29) is 5.60 Å². The highest BCUT2D eigenvalue weighted by Crippen LogP contribution is 2.11. The minimum atomic E-state index is -0.220. The lowest BCUT2D eigenvalue weighted by molar-refractivity contribution is 0.000586. The summed E-state index contributed by atoms with van der Waals surface area (Å²) in [6.07, 6.45) is 1.91. The first-order valence-electron chi connectivity index (χ1n) is 6.21. The SMILES string of the molecule is CCOC(C)(C)CNc1nc2cc(C)ccn2n1. The summed E-state index contributed by atoms with van der Waals surface area (Å²) in [6.45, 7) is 9.50. The standard InChI is InChI=1S/C13H20N4O/c1-5-18-13(3,4)9-14-12-15-11-8-10(2)6-7-17(11)16-12/h6-8H,5,9H2,1-4H3,(H,14,16). The Balaban J connectivity index is 2.08. The molecule has 98 valence electrons. The van der Waals surface area contributed by atoms with Gasteiger partial charge in [0, 0.05) is 19.3 Å². The molecule has 2 heterocycles. The van der Waals surface area contributed by atoms with Crippen molar-refractivity contribution in [1.29, 1.82) is 0 Å². The Morgan fingerprint density at radius 1 is 1.44 bits per heavy atom. The van der Waals surface area contributed by atoms with Gasteiger partial charge in [0.05, 0.1) is 5.60 Å². The van der Waals surface area contributed by atoms with E-state index in [1.54, 1.807) is 4.52 Å². The molecule has 0 aliphatic rings. The van der Waals surface area contributed by atoms with Gasteiger partial charge in [-0.2, -0.15) is 4.98 Å². The maximum absolute atomic E-state index is 5.62. The van der Waals surface area contributed by atoms with Crippen molar-refractivity contribution in [2.24, 2.45) is 0 Å². The summed E-state index contributed by atoms with van der Waals surface area (Å²) in [7, 11) is 0. The molecule has 1 N–H and O–H groups in total. The molecule has 18 heavy (non-hydrogen) atoms. The van der Waals surface area contributed by atoms with Gasteiger partial charge in [-0.25, -0.2) is 4.52 Å². The molecule has 0 atom stereocenters. The summed E-state index contributed by atoms with van der Waals surface area (Å²) in [5.41, 5.74) is 1.81. The first-order chi connectivity index (χ1) is 8.50. The summed E-state index contributed by atoms with van der Waals surface area (Å²) >= 11 is 0. The average molecular weight is 248 g/mol. The Bertz CT molecular complexity index is 533. The van der Waals surface area contributed by atoms with Crippen LogP contribution < -0.4 is 5.32 Å². The summed E-state index contributed by atoms with van der Waals surface area (Å²) in [5, 5.41) is 7.57. The second-order valence-electron chi connectivity index (χ2n) is 4.99. The molecule has 0 radical (unpaired) electrons. The van der Waals surface area contributed by atoms with Crippen LogP contribution in [0.25, 0.3) is 5.65 Å². The van der Waals surface area contributed by atoms with Crippen molar-refractivity contribution < 1.29 is 4.74 Å². The Morgan fingerprint density at radius 2 is 2.22 bits per heavy atom. The first-order valence-corrected chi connectivity index (χ1v) is 6.21. The van der Waals surface area contributed by atoms with Crippen LogP contribution in [0.4, 0.5) is 5.95 Å². The van der Waals surface area contributed by atoms with Gasteiger partial charge >= 0.3 is 0 Å². The maximum atomic E-state index is 5.62. The molecule has 0 amide bonds. The normalized spacial score (nSPS) is 12.0. The molecule has 0 aliphatic carbocycles. The van der Waals surface area contributed by atoms with Crippen LogP contribution in [-0.2, 0) is 4.74 Å². The zero-order chi connectivity index (χ0) is 13.2. The van der Waals surface area contributed by atoms with E-state index in [1.807, 2.05) is 46.0 Å². The minimum Gasteiger partial charge on any atom is -0.374 e. The van der Waals surface area contributed by atoms with Crippen molar-refractivity contribution in [2.45, 2.75) is 33.3 Å². The topological polar surface area (TPSA) is 51.5 Å². The van der Waals surface area contributed by atoms with E-state index in [1.165, 1.54) is 5.56 Å². The molecule has 0 bridgehead atoms. The van der Waals surface area contributed by atoms with Gasteiger partial charge in [-0.1, -0.05) is 0 Å². The van der Waals surface area contributed by atoms with E-state index in [2.05, 4.69) is 15.4 Å². The number of nitrogens with one attached hydrogen (secondary N) is 1. The smallest absolute Gasteiger partial charge is 0.243 e. The Morgan fingerprint density at radius 3 is 2.94 bits per heavy atom. The molecule has 0 aromatic carbocycles. The zero-order valence-electron chi connectivity index (χ0n) is 11.4. The lowest BCUT2D eigenvalue weighted by atomic mass is 10.1. The molecule has 0 saturated heterocycles. The molecule has 2 rings (SSSR count). The van der Waals surface area contributed by atoms with Gasteiger partial charge in [0.25, 0.3) is 0 Å². The van der Waals surface area contributed by atoms with Crippen molar-refractivity contribution in [3.63, 3.8) is 0 Å². The van der Waals surface area contributed by atoms with Gasteiger partial charge in [0.1, 0.15) is 0 Å². The Kier molecular flexibility index (Phi) is 3.52. The number of ether oxygens (including phenoxy) is 1. The molecule has 2 aromatic heterocycles. The summed E-state index contributed by atoms with van der Waals surface area (Å²) in [5.74, 6) is 0.633. The number of rotatable bonds is 5. The molecule has 2 aromatic rings. The number of hydrogen-bond acceptors (Lipinski definition) is 4. The fourth-order valence-corrected chi connectivity index (χ4v) is 1.79. The second-order valence-corrected chi connectivity index (χ2v) is 4.99. The van der Waals surface area contributed by atoms with Crippen molar-refractivity contribution in [1.82, 2.24) is 14.6 Å². The zero-order valence-corrected chi connectivity index (χ0v) is 11.4. The van der Waals surface area contributed by atoms with Crippen LogP contribution in [0, 0.1) is 6.92 Å². The van der Waals surface area contributed by atoms with Crippen molar-refractivity contribution in [3.05, 3.63) is 23.9 Å². The lowest BCUT2D eigenvalue weighted by Gasteiger charge is -2.24. The summed E-state index contributed by atoms with van der Waals surface area (Å²) in [4.78, 5) is 4.42. The first kappa shape index (κ1) is 12.8. The maximum Gasteiger partial charge on any atom is 0.243 e. The quantitative estimate of drug-likeness (QED) is 0.882. The van der Waals surface area contributed by atoms with Gasteiger partial charge in [-0.05, 0) is 45.4 Å². The van der Waals surface area contributed by atoms with Gasteiger partial charge in [-0.15, -0.1) is 5.10 Å². The predicted molar refractivity (Wildman–Crippen MR) is 71.9 cm³/mol. The van der Waals surface area contributed by atoms with Crippen LogP contribution in [0.15, 0.2) is 18.3 Å². The highest BCUT2D eigenvalue weighted by molar-refractivity contribution is 5.45. The molecule has 5 nitrogen and oxygen atoms in total. The third-order valence-corrected chi connectivity index (χ3v) is 2.70. The molecule has 0 spiro atoms. The monoisotopic (exact) mass is 248 g/mol. The van der Waals surface area contributed by atoms with Gasteiger partial charge in [-0.3, -0.25) is 0 Å². The molecule has 5 heteroatoms. The molecular formula is C13H20N4O. The number of aryl methyl sites for hydroxylation is 1. The number of pyridine rings is 1. The predicted octanol–water partition coefficient (Wildman–Crippen LogP) is 2.26. The summed E-state index contributed by atoms with van der Waals surface area (Å²) < 4.78 is 7.39. The number of aromatic nitrogens is 3. The number of hydrogen-bond donors (Lipinski definition) is 1. The number of fused-ring (bicyclic) bond motifs is 1.